The van der Waals surface area contributed by atoms with Crippen LogP contribution in [0.15, 0.2) is 66.6 Å². The van der Waals surface area contributed by atoms with Crippen molar-refractivity contribution in [3.8, 4) is 11.5 Å². The van der Waals surface area contributed by atoms with Gasteiger partial charge in [0.05, 0.1) is 16.8 Å². The molecule has 2 aliphatic heterocycles. The maximum absolute atomic E-state index is 12.9. The van der Waals surface area contributed by atoms with Gasteiger partial charge in [0, 0.05) is 24.3 Å². The van der Waals surface area contributed by atoms with Crippen LogP contribution in [0.25, 0.3) is 6.08 Å². The highest BCUT2D eigenvalue weighted by Gasteiger charge is 2.33. The van der Waals surface area contributed by atoms with E-state index in [1.807, 2.05) is 42.5 Å². The second kappa shape index (κ2) is 7.35. The third-order valence-electron chi connectivity index (χ3n) is 4.99. The molecule has 0 amide bonds. The number of nitrogens with zero attached hydrogens (tertiary/aromatic N) is 2. The van der Waals surface area contributed by atoms with E-state index in [0.717, 1.165) is 22.6 Å². The van der Waals surface area contributed by atoms with Crippen molar-refractivity contribution in [3.63, 3.8) is 0 Å². The van der Waals surface area contributed by atoms with Crippen LogP contribution in [0.5, 0.6) is 11.5 Å². The quantitative estimate of drug-likeness (QED) is 0.592. The van der Waals surface area contributed by atoms with Crippen molar-refractivity contribution in [2.24, 2.45) is 0 Å². The van der Waals surface area contributed by atoms with E-state index in [9.17, 15) is 4.79 Å². The number of halogens is 1. The minimum atomic E-state index is -0.149. The first-order chi connectivity index (χ1) is 14.2. The number of rotatable bonds is 3. The highest BCUT2D eigenvalue weighted by atomic mass is 35.5. The minimum Gasteiger partial charge on any atom is -0.478 e. The molecule has 29 heavy (non-hydrogen) atoms. The van der Waals surface area contributed by atoms with Gasteiger partial charge in [-0.15, -0.1) is 0 Å². The predicted octanol–water partition coefficient (Wildman–Crippen LogP) is 4.70. The molecule has 0 unspecified atom stereocenters. The van der Waals surface area contributed by atoms with Crippen molar-refractivity contribution in [2.45, 2.75) is 13.1 Å². The van der Waals surface area contributed by atoms with Crippen molar-refractivity contribution >= 4 is 23.5 Å². The van der Waals surface area contributed by atoms with Gasteiger partial charge in [0.25, 0.3) is 0 Å². The fourth-order valence-corrected chi connectivity index (χ4v) is 3.75. The SMILES string of the molecule is O=C1/C(=C/c2ccccc2Cl)Oc2c1ccc1c2CN(Cc2ccccn2)CO1. The summed E-state index contributed by atoms with van der Waals surface area (Å²) in [4.78, 5) is 19.4. The summed E-state index contributed by atoms with van der Waals surface area (Å²) in [5.41, 5.74) is 3.13. The Bertz CT molecular complexity index is 1130. The maximum atomic E-state index is 12.9. The van der Waals surface area contributed by atoms with Gasteiger partial charge >= 0.3 is 0 Å². The van der Waals surface area contributed by atoms with E-state index in [2.05, 4.69) is 9.88 Å². The number of Topliss-reactive ketones (excluding diaryl/α,β-unsaturated/α-hetero) is 1. The molecular weight excluding hydrogens is 388 g/mol. The molecule has 0 N–H and O–H groups in total. The number of carbonyl (C=O) groups excluding carboxylic acids is 1. The first-order valence-corrected chi connectivity index (χ1v) is 9.66. The first-order valence-electron chi connectivity index (χ1n) is 9.29. The third kappa shape index (κ3) is 3.39. The molecule has 3 heterocycles. The summed E-state index contributed by atoms with van der Waals surface area (Å²) in [6, 6.07) is 16.8. The average Bonchev–Trinajstić information content (AvgIpc) is 3.06. The summed E-state index contributed by atoms with van der Waals surface area (Å²) in [5, 5.41) is 0.569. The van der Waals surface area contributed by atoms with E-state index in [4.69, 9.17) is 21.1 Å². The standard InChI is InChI=1S/C23H17ClN2O3/c24-19-7-2-1-5-15(19)11-21-22(27)17-8-9-20-18(23(17)29-21)13-26(14-28-20)12-16-6-3-4-10-25-16/h1-11H,12-14H2/b21-11-. The van der Waals surface area contributed by atoms with Gasteiger partial charge in [0.2, 0.25) is 5.78 Å². The smallest absolute Gasteiger partial charge is 0.231 e. The van der Waals surface area contributed by atoms with Gasteiger partial charge in [-0.1, -0.05) is 35.9 Å². The van der Waals surface area contributed by atoms with Crippen LogP contribution >= 0.6 is 11.6 Å². The number of fused-ring (bicyclic) bond motifs is 3. The van der Waals surface area contributed by atoms with Gasteiger partial charge in [-0.2, -0.15) is 0 Å². The Morgan fingerprint density at radius 3 is 2.79 bits per heavy atom. The van der Waals surface area contributed by atoms with E-state index in [1.54, 1.807) is 24.4 Å². The highest BCUT2D eigenvalue weighted by Crippen LogP contribution is 2.42. The monoisotopic (exact) mass is 404 g/mol. The molecule has 2 aromatic carbocycles. The zero-order chi connectivity index (χ0) is 19.8. The predicted molar refractivity (Wildman–Crippen MR) is 110 cm³/mol. The fraction of sp³-hybridized carbons (Fsp3) is 0.130. The van der Waals surface area contributed by atoms with Crippen LogP contribution in [0.4, 0.5) is 0 Å². The summed E-state index contributed by atoms with van der Waals surface area (Å²) in [7, 11) is 0. The lowest BCUT2D eigenvalue weighted by Crippen LogP contribution is -2.32. The molecule has 2 aliphatic rings. The molecule has 0 radical (unpaired) electrons. The van der Waals surface area contributed by atoms with Crippen molar-refractivity contribution in [1.82, 2.24) is 9.88 Å². The molecule has 0 saturated heterocycles. The van der Waals surface area contributed by atoms with Crippen LogP contribution in [0.2, 0.25) is 5.02 Å². The number of ether oxygens (including phenoxy) is 2. The maximum Gasteiger partial charge on any atom is 0.231 e. The summed E-state index contributed by atoms with van der Waals surface area (Å²) in [6.07, 6.45) is 3.46. The van der Waals surface area contributed by atoms with Gasteiger partial charge in [-0.05, 0) is 42.0 Å². The molecule has 0 bridgehead atoms. The van der Waals surface area contributed by atoms with Crippen LogP contribution in [0.1, 0.15) is 27.2 Å². The number of benzene rings is 2. The lowest BCUT2D eigenvalue weighted by atomic mass is 10.0. The first kappa shape index (κ1) is 17.9. The van der Waals surface area contributed by atoms with E-state index in [-0.39, 0.29) is 11.5 Å². The number of pyridine rings is 1. The molecule has 0 saturated carbocycles. The van der Waals surface area contributed by atoms with E-state index in [1.165, 1.54) is 0 Å². The number of hydrogen-bond acceptors (Lipinski definition) is 5. The molecule has 0 atom stereocenters. The Kier molecular flexibility index (Phi) is 4.54. The Hall–Kier alpha value is -3.15. The Morgan fingerprint density at radius 2 is 1.97 bits per heavy atom. The van der Waals surface area contributed by atoms with Crippen molar-refractivity contribution in [2.75, 3.05) is 6.73 Å². The second-order valence-corrected chi connectivity index (χ2v) is 7.37. The van der Waals surface area contributed by atoms with Gasteiger partial charge in [0.1, 0.15) is 18.2 Å². The molecule has 3 aromatic rings. The number of carbonyl (C=O) groups is 1. The van der Waals surface area contributed by atoms with Gasteiger partial charge in [-0.3, -0.25) is 14.7 Å². The topological polar surface area (TPSA) is 51.7 Å². The third-order valence-corrected chi connectivity index (χ3v) is 5.33. The fourth-order valence-electron chi connectivity index (χ4n) is 3.56. The van der Waals surface area contributed by atoms with Gasteiger partial charge < -0.3 is 9.47 Å². The van der Waals surface area contributed by atoms with Crippen LogP contribution < -0.4 is 9.47 Å². The van der Waals surface area contributed by atoms with Gasteiger partial charge in [-0.25, -0.2) is 0 Å². The average molecular weight is 405 g/mol. The highest BCUT2D eigenvalue weighted by molar-refractivity contribution is 6.32. The molecule has 5 rings (SSSR count). The van der Waals surface area contributed by atoms with Crippen LogP contribution in [0, 0.1) is 0 Å². The zero-order valence-corrected chi connectivity index (χ0v) is 16.2. The van der Waals surface area contributed by atoms with Gasteiger partial charge in [0.15, 0.2) is 5.76 Å². The second-order valence-electron chi connectivity index (χ2n) is 6.96. The molecule has 0 fully saturated rings. The number of aromatic nitrogens is 1. The van der Waals surface area contributed by atoms with Crippen molar-refractivity contribution in [1.29, 1.82) is 0 Å². The molecule has 5 nitrogen and oxygen atoms in total. The summed E-state index contributed by atoms with van der Waals surface area (Å²) in [6.45, 7) is 1.72. The summed E-state index contributed by atoms with van der Waals surface area (Å²) in [5.74, 6) is 1.43. The minimum absolute atomic E-state index is 0.149. The van der Waals surface area contributed by atoms with E-state index >= 15 is 0 Å². The van der Waals surface area contributed by atoms with Crippen LogP contribution in [0.3, 0.4) is 0 Å². The molecule has 1 aromatic heterocycles. The lowest BCUT2D eigenvalue weighted by Gasteiger charge is -2.29. The Balaban J connectivity index is 1.45. The lowest BCUT2D eigenvalue weighted by molar-refractivity contribution is 0.0861. The Labute approximate surface area is 173 Å². The number of hydrogen-bond donors (Lipinski definition) is 0. The number of ketones is 1. The molecule has 0 aliphatic carbocycles. The summed E-state index contributed by atoms with van der Waals surface area (Å²) >= 11 is 6.23. The van der Waals surface area contributed by atoms with Crippen molar-refractivity contribution in [3.05, 3.63) is 94.0 Å². The molecule has 0 spiro atoms. The largest absolute Gasteiger partial charge is 0.478 e. The van der Waals surface area contributed by atoms with E-state index in [0.29, 0.717) is 36.2 Å². The molecular formula is C23H17ClN2O3. The van der Waals surface area contributed by atoms with Crippen molar-refractivity contribution < 1.29 is 14.3 Å². The molecule has 144 valence electrons. The summed E-state index contributed by atoms with van der Waals surface area (Å²) < 4.78 is 11.9. The zero-order valence-electron chi connectivity index (χ0n) is 15.5. The Morgan fingerprint density at radius 1 is 1.10 bits per heavy atom. The molecule has 6 heteroatoms. The van der Waals surface area contributed by atoms with Crippen LogP contribution in [-0.2, 0) is 13.1 Å². The number of allylic oxidation sites excluding steroid dienone is 1. The van der Waals surface area contributed by atoms with Crippen LogP contribution in [-0.4, -0.2) is 22.4 Å². The van der Waals surface area contributed by atoms with E-state index < -0.39 is 0 Å². The normalized spacial score (nSPS) is 16.9.